The van der Waals surface area contributed by atoms with Gasteiger partial charge in [0.2, 0.25) is 0 Å². The van der Waals surface area contributed by atoms with Crippen molar-refractivity contribution in [3.63, 3.8) is 0 Å². The summed E-state index contributed by atoms with van der Waals surface area (Å²) in [6.45, 7) is 0.136. The molecule has 2 aromatic heterocycles. The average molecular weight is 287 g/mol. The van der Waals surface area contributed by atoms with E-state index in [0.29, 0.717) is 11.5 Å². The van der Waals surface area contributed by atoms with Gasteiger partial charge in [0.05, 0.1) is 5.69 Å². The lowest BCUT2D eigenvalue weighted by molar-refractivity contribution is 0.500. The van der Waals surface area contributed by atoms with Crippen molar-refractivity contribution < 1.29 is 8.78 Å². The molecule has 0 atom stereocenters. The molecule has 0 radical (unpaired) electrons. The van der Waals surface area contributed by atoms with E-state index >= 15 is 0 Å². The van der Waals surface area contributed by atoms with E-state index in [2.05, 4.69) is 20.4 Å². The Morgan fingerprint density at radius 3 is 2.86 bits per heavy atom. The van der Waals surface area contributed by atoms with E-state index in [4.69, 9.17) is 0 Å². The van der Waals surface area contributed by atoms with Gasteiger partial charge in [0.25, 0.3) is 0 Å². The van der Waals surface area contributed by atoms with Crippen LogP contribution in [-0.2, 0) is 6.54 Å². The van der Waals surface area contributed by atoms with Crippen LogP contribution in [0.1, 0.15) is 5.56 Å². The van der Waals surface area contributed by atoms with E-state index < -0.39 is 11.6 Å². The van der Waals surface area contributed by atoms with E-state index in [-0.39, 0.29) is 12.1 Å². The van der Waals surface area contributed by atoms with Crippen molar-refractivity contribution in [3.8, 4) is 5.82 Å². The Balaban J connectivity index is 1.85. The fraction of sp³-hybridized carbons (Fsp3) is 0.0714. The van der Waals surface area contributed by atoms with Gasteiger partial charge < -0.3 is 5.32 Å². The van der Waals surface area contributed by atoms with E-state index in [0.717, 1.165) is 6.07 Å². The highest BCUT2D eigenvalue weighted by Gasteiger charge is 2.10. The number of anilines is 1. The summed E-state index contributed by atoms with van der Waals surface area (Å²) in [6.07, 6.45) is 4.52. The third kappa shape index (κ3) is 2.71. The third-order valence-electron chi connectivity index (χ3n) is 2.92. The third-order valence-corrected chi connectivity index (χ3v) is 2.92. The quantitative estimate of drug-likeness (QED) is 0.801. The molecule has 3 aromatic rings. The second kappa shape index (κ2) is 5.66. The number of aromatic nitrogens is 4. The number of nitrogens with zero attached hydrogens (tertiary/aromatic N) is 4. The lowest BCUT2D eigenvalue weighted by Crippen LogP contribution is -2.08. The number of hydrogen-bond donors (Lipinski definition) is 1. The lowest BCUT2D eigenvalue weighted by Gasteiger charge is -2.11. The fourth-order valence-corrected chi connectivity index (χ4v) is 1.91. The van der Waals surface area contributed by atoms with Crippen LogP contribution in [0.4, 0.5) is 14.5 Å². The predicted molar refractivity (Wildman–Crippen MR) is 72.8 cm³/mol. The molecule has 7 heteroatoms. The molecule has 1 N–H and O–H groups in total. The van der Waals surface area contributed by atoms with Gasteiger partial charge in [-0.3, -0.25) is 0 Å². The van der Waals surface area contributed by atoms with Crippen molar-refractivity contribution in [1.29, 1.82) is 0 Å². The molecule has 0 unspecified atom stereocenters. The highest BCUT2D eigenvalue weighted by molar-refractivity contribution is 5.56. The second-order valence-electron chi connectivity index (χ2n) is 4.28. The molecule has 0 saturated heterocycles. The molecule has 5 nitrogen and oxygen atoms in total. The van der Waals surface area contributed by atoms with Crippen molar-refractivity contribution in [2.75, 3.05) is 5.32 Å². The summed E-state index contributed by atoms with van der Waals surface area (Å²) >= 11 is 0. The zero-order valence-electron chi connectivity index (χ0n) is 10.9. The molecular formula is C14H11F2N5. The molecule has 2 heterocycles. The van der Waals surface area contributed by atoms with Crippen molar-refractivity contribution in [2.24, 2.45) is 0 Å². The molecule has 1 aromatic carbocycles. The first-order chi connectivity index (χ1) is 10.3. The SMILES string of the molecule is Fc1cccc(CNc2cccnc2-n2cncn2)c1F. The van der Waals surface area contributed by atoms with Gasteiger partial charge in [-0.15, -0.1) is 0 Å². The van der Waals surface area contributed by atoms with Crippen LogP contribution in [0.15, 0.2) is 49.2 Å². The fourth-order valence-electron chi connectivity index (χ4n) is 1.91. The molecule has 0 fully saturated rings. The van der Waals surface area contributed by atoms with Crippen LogP contribution in [0, 0.1) is 11.6 Å². The first kappa shape index (κ1) is 13.2. The standard InChI is InChI=1S/C14H11F2N5/c15-11-4-1-3-10(13(11)16)7-19-12-5-2-6-18-14(12)21-9-17-8-20-21/h1-6,8-9,19H,7H2. The summed E-state index contributed by atoms with van der Waals surface area (Å²) in [6, 6.07) is 7.60. The largest absolute Gasteiger partial charge is 0.378 e. The molecule has 0 spiro atoms. The number of halogens is 2. The van der Waals surface area contributed by atoms with Gasteiger partial charge in [-0.05, 0) is 18.2 Å². The van der Waals surface area contributed by atoms with E-state index in [9.17, 15) is 8.78 Å². The Morgan fingerprint density at radius 2 is 2.05 bits per heavy atom. The van der Waals surface area contributed by atoms with Gasteiger partial charge in [0.15, 0.2) is 17.5 Å². The molecule has 0 aliphatic heterocycles. The second-order valence-corrected chi connectivity index (χ2v) is 4.28. The van der Waals surface area contributed by atoms with Gasteiger partial charge in [0, 0.05) is 18.3 Å². The predicted octanol–water partition coefficient (Wildman–Crippen LogP) is 2.55. The number of rotatable bonds is 4. The van der Waals surface area contributed by atoms with Crippen LogP contribution in [-0.4, -0.2) is 19.7 Å². The summed E-state index contributed by atoms with van der Waals surface area (Å²) in [5, 5.41) is 7.03. The van der Waals surface area contributed by atoms with Crippen LogP contribution < -0.4 is 5.32 Å². The molecule has 0 saturated carbocycles. The van der Waals surface area contributed by atoms with Gasteiger partial charge in [0.1, 0.15) is 12.7 Å². The Bertz CT molecular complexity index is 743. The molecule has 0 aliphatic rings. The van der Waals surface area contributed by atoms with Crippen molar-refractivity contribution in [1.82, 2.24) is 19.7 Å². The normalized spacial score (nSPS) is 10.6. The molecule has 0 amide bonds. The summed E-state index contributed by atoms with van der Waals surface area (Å²) < 4.78 is 28.3. The minimum Gasteiger partial charge on any atom is -0.378 e. The van der Waals surface area contributed by atoms with Crippen LogP contribution in [0.5, 0.6) is 0 Å². The Labute approximate surface area is 119 Å². The van der Waals surface area contributed by atoms with Crippen molar-refractivity contribution in [2.45, 2.75) is 6.54 Å². The summed E-state index contributed by atoms with van der Waals surface area (Å²) in [7, 11) is 0. The molecule has 21 heavy (non-hydrogen) atoms. The monoisotopic (exact) mass is 287 g/mol. The molecule has 0 bridgehead atoms. The number of nitrogens with one attached hydrogen (secondary N) is 1. The average Bonchev–Trinajstić information content (AvgIpc) is 3.03. The first-order valence-corrected chi connectivity index (χ1v) is 6.22. The zero-order chi connectivity index (χ0) is 14.7. The topological polar surface area (TPSA) is 55.6 Å². The maximum absolute atomic E-state index is 13.6. The molecule has 3 rings (SSSR count). The number of hydrogen-bond acceptors (Lipinski definition) is 4. The zero-order valence-corrected chi connectivity index (χ0v) is 10.9. The summed E-state index contributed by atoms with van der Waals surface area (Å²) in [5.41, 5.74) is 0.884. The highest BCUT2D eigenvalue weighted by Crippen LogP contribution is 2.18. The number of pyridine rings is 1. The van der Waals surface area contributed by atoms with Crippen LogP contribution in [0.3, 0.4) is 0 Å². The number of benzene rings is 1. The molecule has 106 valence electrons. The van der Waals surface area contributed by atoms with Crippen LogP contribution in [0.2, 0.25) is 0 Å². The minimum atomic E-state index is -0.864. The Morgan fingerprint density at radius 1 is 1.14 bits per heavy atom. The van der Waals surface area contributed by atoms with Crippen LogP contribution in [0.25, 0.3) is 5.82 Å². The maximum Gasteiger partial charge on any atom is 0.178 e. The molecule has 0 aliphatic carbocycles. The highest BCUT2D eigenvalue weighted by atomic mass is 19.2. The van der Waals surface area contributed by atoms with Gasteiger partial charge in [-0.2, -0.15) is 5.10 Å². The van der Waals surface area contributed by atoms with Gasteiger partial charge in [-0.1, -0.05) is 12.1 Å². The molecular weight excluding hydrogens is 276 g/mol. The Kier molecular flexibility index (Phi) is 3.55. The van der Waals surface area contributed by atoms with E-state index in [1.807, 2.05) is 0 Å². The van der Waals surface area contributed by atoms with E-state index in [1.165, 1.54) is 29.5 Å². The minimum absolute atomic E-state index is 0.136. The van der Waals surface area contributed by atoms with Crippen molar-refractivity contribution in [3.05, 3.63) is 66.4 Å². The van der Waals surface area contributed by atoms with Crippen LogP contribution >= 0.6 is 0 Å². The first-order valence-electron chi connectivity index (χ1n) is 6.22. The van der Waals surface area contributed by atoms with E-state index in [1.54, 1.807) is 18.3 Å². The van der Waals surface area contributed by atoms with Gasteiger partial charge in [-0.25, -0.2) is 23.4 Å². The van der Waals surface area contributed by atoms with Crippen molar-refractivity contribution >= 4 is 5.69 Å². The maximum atomic E-state index is 13.6. The summed E-state index contributed by atoms with van der Waals surface area (Å²) in [4.78, 5) is 8.06. The smallest absolute Gasteiger partial charge is 0.178 e. The lowest BCUT2D eigenvalue weighted by atomic mass is 10.2. The van der Waals surface area contributed by atoms with Gasteiger partial charge >= 0.3 is 0 Å². The summed E-state index contributed by atoms with van der Waals surface area (Å²) in [5.74, 6) is -1.18. The Hall–Kier alpha value is -2.83.